The highest BCUT2D eigenvalue weighted by molar-refractivity contribution is 5.90. The van der Waals surface area contributed by atoms with Gasteiger partial charge in [0.2, 0.25) is 0 Å². The normalized spacial score (nSPS) is 12.4. The minimum atomic E-state index is -0.880. The molecule has 1 amide bonds. The minimum absolute atomic E-state index is 0.218. The lowest BCUT2D eigenvalue weighted by Crippen LogP contribution is -2.25. The Balaban J connectivity index is 1.39. The molecule has 4 rings (SSSR count). The van der Waals surface area contributed by atoms with E-state index in [4.69, 9.17) is 9.26 Å². The number of pyridine rings is 1. The Bertz CT molecular complexity index is 1320. The smallest absolute Gasteiger partial charge is 0.412 e. The van der Waals surface area contributed by atoms with E-state index in [1.165, 1.54) is 0 Å². The summed E-state index contributed by atoms with van der Waals surface area (Å²) in [6.45, 7) is 3.72. The predicted molar refractivity (Wildman–Crippen MR) is 139 cm³/mol. The van der Waals surface area contributed by atoms with E-state index in [-0.39, 0.29) is 6.54 Å². The second kappa shape index (κ2) is 11.9. The molecule has 2 unspecified atom stereocenters. The highest BCUT2D eigenvalue weighted by Crippen LogP contribution is 2.31. The minimum Gasteiger partial charge on any atom is -0.481 e. The van der Waals surface area contributed by atoms with Crippen molar-refractivity contribution < 1.29 is 24.0 Å². The number of benzene rings is 2. The lowest BCUT2D eigenvalue weighted by atomic mass is 9.99. The number of ether oxygens (including phenoxy) is 1. The lowest BCUT2D eigenvalue weighted by Gasteiger charge is -2.15. The Kier molecular flexibility index (Phi) is 8.15. The van der Waals surface area contributed by atoms with Crippen LogP contribution in [-0.2, 0) is 16.0 Å². The van der Waals surface area contributed by atoms with Gasteiger partial charge in [-0.25, -0.2) is 9.78 Å². The SMILES string of the molecule is Cc1noc(-c2ccc(NCC(Cc3ccccc3)C(=O)O)nc2)c1NC(=O)OC(C)c1ccccc1. The van der Waals surface area contributed by atoms with Gasteiger partial charge >= 0.3 is 12.1 Å². The van der Waals surface area contributed by atoms with Crippen molar-refractivity contribution in [1.29, 1.82) is 0 Å². The van der Waals surface area contributed by atoms with E-state index in [1.54, 1.807) is 32.2 Å². The van der Waals surface area contributed by atoms with Crippen LogP contribution in [0, 0.1) is 12.8 Å². The molecule has 9 nitrogen and oxygen atoms in total. The number of rotatable bonds is 10. The summed E-state index contributed by atoms with van der Waals surface area (Å²) < 4.78 is 10.9. The van der Waals surface area contributed by atoms with E-state index in [2.05, 4.69) is 20.8 Å². The fourth-order valence-electron chi connectivity index (χ4n) is 3.80. The number of aliphatic carboxylic acids is 1. The van der Waals surface area contributed by atoms with Gasteiger partial charge in [0.15, 0.2) is 5.76 Å². The van der Waals surface area contributed by atoms with Gasteiger partial charge in [-0.05, 0) is 43.5 Å². The zero-order valence-electron chi connectivity index (χ0n) is 20.5. The van der Waals surface area contributed by atoms with Crippen molar-refractivity contribution in [3.63, 3.8) is 0 Å². The van der Waals surface area contributed by atoms with Crippen molar-refractivity contribution in [2.75, 3.05) is 17.2 Å². The van der Waals surface area contributed by atoms with Crippen LogP contribution in [0.5, 0.6) is 0 Å². The topological polar surface area (TPSA) is 127 Å². The highest BCUT2D eigenvalue weighted by Gasteiger charge is 2.21. The summed E-state index contributed by atoms with van der Waals surface area (Å²) in [5.41, 5.74) is 3.31. The molecule has 2 heterocycles. The number of hydrogen-bond donors (Lipinski definition) is 3. The van der Waals surface area contributed by atoms with Crippen LogP contribution in [0.2, 0.25) is 0 Å². The molecule has 0 fully saturated rings. The maximum absolute atomic E-state index is 12.5. The third-order valence-electron chi connectivity index (χ3n) is 5.87. The van der Waals surface area contributed by atoms with Gasteiger partial charge in [-0.2, -0.15) is 0 Å². The number of aryl methyl sites for hydroxylation is 1. The molecule has 0 spiro atoms. The summed E-state index contributed by atoms with van der Waals surface area (Å²) in [6, 6.07) is 22.4. The Morgan fingerprint density at radius 2 is 1.73 bits per heavy atom. The number of nitrogens with one attached hydrogen (secondary N) is 2. The Morgan fingerprint density at radius 3 is 2.38 bits per heavy atom. The monoisotopic (exact) mass is 500 g/mol. The molecule has 9 heteroatoms. The van der Waals surface area contributed by atoms with Crippen molar-refractivity contribution in [2.24, 2.45) is 5.92 Å². The van der Waals surface area contributed by atoms with Crippen molar-refractivity contribution >= 4 is 23.6 Å². The predicted octanol–water partition coefficient (Wildman–Crippen LogP) is 5.71. The molecule has 190 valence electrons. The highest BCUT2D eigenvalue weighted by atomic mass is 16.6. The maximum atomic E-state index is 12.5. The third-order valence-corrected chi connectivity index (χ3v) is 5.87. The number of carboxylic acids is 1. The van der Waals surface area contributed by atoms with Crippen LogP contribution in [0.1, 0.15) is 29.8 Å². The van der Waals surface area contributed by atoms with Gasteiger partial charge in [0.1, 0.15) is 23.3 Å². The first-order chi connectivity index (χ1) is 17.9. The summed E-state index contributed by atoms with van der Waals surface area (Å²) in [5.74, 6) is -0.631. The van der Waals surface area contributed by atoms with Gasteiger partial charge in [0, 0.05) is 18.3 Å². The third kappa shape index (κ3) is 6.72. The Hall–Kier alpha value is -4.66. The molecule has 0 saturated carbocycles. The molecule has 0 saturated heterocycles. The number of hydrogen-bond acceptors (Lipinski definition) is 7. The summed E-state index contributed by atoms with van der Waals surface area (Å²) >= 11 is 0. The average Bonchev–Trinajstić information content (AvgIpc) is 3.27. The zero-order chi connectivity index (χ0) is 26.2. The number of anilines is 2. The van der Waals surface area contributed by atoms with Crippen molar-refractivity contribution in [3.05, 3.63) is 95.8 Å². The first kappa shape index (κ1) is 25.4. The van der Waals surface area contributed by atoms with Crippen LogP contribution in [0.4, 0.5) is 16.3 Å². The number of carbonyl (C=O) groups excluding carboxylic acids is 1. The first-order valence-corrected chi connectivity index (χ1v) is 11.9. The quantitative estimate of drug-likeness (QED) is 0.253. The van der Waals surface area contributed by atoms with Crippen LogP contribution < -0.4 is 10.6 Å². The van der Waals surface area contributed by atoms with E-state index in [1.807, 2.05) is 60.7 Å². The number of carboxylic acid groups (broad SMARTS) is 1. The molecule has 2 aromatic carbocycles. The van der Waals surface area contributed by atoms with Gasteiger partial charge in [-0.15, -0.1) is 0 Å². The van der Waals surface area contributed by atoms with Gasteiger partial charge in [-0.3, -0.25) is 10.1 Å². The summed E-state index contributed by atoms with van der Waals surface area (Å²) in [7, 11) is 0. The second-order valence-corrected chi connectivity index (χ2v) is 8.59. The second-order valence-electron chi connectivity index (χ2n) is 8.59. The molecular weight excluding hydrogens is 472 g/mol. The maximum Gasteiger partial charge on any atom is 0.412 e. The lowest BCUT2D eigenvalue weighted by molar-refractivity contribution is -0.141. The molecule has 2 atom stereocenters. The largest absolute Gasteiger partial charge is 0.481 e. The molecule has 0 aliphatic heterocycles. The fraction of sp³-hybridized carbons (Fsp3) is 0.214. The number of carbonyl (C=O) groups is 2. The standard InChI is InChI=1S/C28H28N4O5/c1-18-25(31-28(35)36-19(2)21-11-7-4-8-12-21)26(37-32-18)22-13-14-24(29-16-22)30-17-23(27(33)34)15-20-9-5-3-6-10-20/h3-14,16,19,23H,15,17H2,1-2H3,(H,29,30)(H,31,35)(H,33,34). The van der Waals surface area contributed by atoms with Gasteiger partial charge in [-0.1, -0.05) is 65.8 Å². The van der Waals surface area contributed by atoms with E-state index in [0.29, 0.717) is 34.9 Å². The molecule has 0 radical (unpaired) electrons. The van der Waals surface area contributed by atoms with Crippen LogP contribution in [0.25, 0.3) is 11.3 Å². The molecule has 0 bridgehead atoms. The fourth-order valence-corrected chi connectivity index (χ4v) is 3.80. The first-order valence-electron chi connectivity index (χ1n) is 11.9. The molecule has 3 N–H and O–H groups in total. The molecule has 0 aliphatic rings. The Morgan fingerprint density at radius 1 is 1.03 bits per heavy atom. The van der Waals surface area contributed by atoms with Gasteiger partial charge in [0.05, 0.1) is 5.92 Å². The van der Waals surface area contributed by atoms with Crippen molar-refractivity contribution in [3.8, 4) is 11.3 Å². The van der Waals surface area contributed by atoms with Crippen LogP contribution in [0.3, 0.4) is 0 Å². The van der Waals surface area contributed by atoms with Crippen molar-refractivity contribution in [2.45, 2.75) is 26.4 Å². The van der Waals surface area contributed by atoms with E-state index in [0.717, 1.165) is 11.1 Å². The van der Waals surface area contributed by atoms with E-state index < -0.39 is 24.1 Å². The molecular formula is C28H28N4O5. The van der Waals surface area contributed by atoms with E-state index in [9.17, 15) is 14.7 Å². The summed E-state index contributed by atoms with van der Waals surface area (Å²) in [6.07, 6.45) is 0.909. The number of nitrogens with zero attached hydrogens (tertiary/aromatic N) is 2. The number of amides is 1. The van der Waals surface area contributed by atoms with Gasteiger partial charge < -0.3 is 19.7 Å². The van der Waals surface area contributed by atoms with Crippen LogP contribution >= 0.6 is 0 Å². The summed E-state index contributed by atoms with van der Waals surface area (Å²) in [4.78, 5) is 28.6. The average molecular weight is 501 g/mol. The van der Waals surface area contributed by atoms with Crippen molar-refractivity contribution in [1.82, 2.24) is 10.1 Å². The molecule has 37 heavy (non-hydrogen) atoms. The number of aromatic nitrogens is 2. The van der Waals surface area contributed by atoms with Crippen LogP contribution in [0.15, 0.2) is 83.5 Å². The van der Waals surface area contributed by atoms with Gasteiger partial charge in [0.25, 0.3) is 0 Å². The zero-order valence-corrected chi connectivity index (χ0v) is 20.5. The molecule has 2 aromatic heterocycles. The molecule has 0 aliphatic carbocycles. The van der Waals surface area contributed by atoms with Crippen LogP contribution in [-0.4, -0.2) is 33.9 Å². The molecule has 4 aromatic rings. The van der Waals surface area contributed by atoms with E-state index >= 15 is 0 Å². The Labute approximate surface area is 214 Å². The summed E-state index contributed by atoms with van der Waals surface area (Å²) in [5, 5.41) is 19.4.